The third-order valence-corrected chi connectivity index (χ3v) is 11.8. The number of nitrogens with zero attached hydrogens (tertiary/aromatic N) is 4. The summed E-state index contributed by atoms with van der Waals surface area (Å²) in [6, 6.07) is 9.66. The molecule has 0 spiro atoms. The lowest BCUT2D eigenvalue weighted by atomic mass is 10.0. The molecule has 13 nitrogen and oxygen atoms in total. The molecule has 4 fully saturated rings. The number of amides is 3. The number of hydrogen-bond acceptors (Lipinski definition) is 9. The molecule has 2 saturated carbocycles. The molecule has 17 heteroatoms. The van der Waals surface area contributed by atoms with Crippen LogP contribution in [-0.4, -0.2) is 61.5 Å². The van der Waals surface area contributed by atoms with Crippen LogP contribution in [0.5, 0.6) is 0 Å². The number of imidazole rings is 1. The number of aryl methyl sites for hydroxylation is 4. The number of benzene rings is 2. The van der Waals surface area contributed by atoms with E-state index in [0.29, 0.717) is 67.2 Å². The van der Waals surface area contributed by atoms with E-state index in [4.69, 9.17) is 14.0 Å². The second-order valence-electron chi connectivity index (χ2n) is 16.2. The van der Waals surface area contributed by atoms with E-state index in [2.05, 4.69) is 31.6 Å². The van der Waals surface area contributed by atoms with Crippen molar-refractivity contribution in [1.82, 2.24) is 30.5 Å². The minimum absolute atomic E-state index is 0.0261. The van der Waals surface area contributed by atoms with Gasteiger partial charge in [-0.2, -0.15) is 0 Å². The summed E-state index contributed by atoms with van der Waals surface area (Å²) in [5.74, 6) is -3.82. The number of hydrogen-bond donors (Lipinski definition) is 4. The fourth-order valence-electron chi connectivity index (χ4n) is 8.90. The molecular formula is C42H46F4N8O5. The maximum Gasteiger partial charge on any atom is 0.250 e. The lowest BCUT2D eigenvalue weighted by Gasteiger charge is -2.20. The number of halogens is 4. The Morgan fingerprint density at radius 1 is 0.780 bits per heavy atom. The van der Waals surface area contributed by atoms with Crippen LogP contribution in [0, 0.1) is 27.7 Å². The Morgan fingerprint density at radius 3 is 1.97 bits per heavy atom. The Kier molecular flexibility index (Phi) is 10.5. The molecule has 2 aliphatic heterocycles. The molecule has 4 N–H and O–H groups in total. The van der Waals surface area contributed by atoms with Crippen molar-refractivity contribution >= 4 is 40.1 Å². The second kappa shape index (κ2) is 15.5. The van der Waals surface area contributed by atoms with E-state index in [1.807, 2.05) is 49.6 Å². The van der Waals surface area contributed by atoms with Crippen LogP contribution in [0.1, 0.15) is 105 Å². The van der Waals surface area contributed by atoms with Crippen molar-refractivity contribution in [2.24, 2.45) is 0 Å². The first-order chi connectivity index (χ1) is 28.0. The maximum atomic E-state index is 14.0. The molecule has 5 heterocycles. The second-order valence-corrected chi connectivity index (χ2v) is 16.2. The van der Waals surface area contributed by atoms with Crippen molar-refractivity contribution in [1.29, 1.82) is 0 Å². The van der Waals surface area contributed by atoms with E-state index < -0.39 is 17.9 Å². The Morgan fingerprint density at radius 2 is 1.41 bits per heavy atom. The zero-order valence-electron chi connectivity index (χ0n) is 33.2. The third-order valence-electron chi connectivity index (χ3n) is 11.8. The molecule has 59 heavy (non-hydrogen) atoms. The van der Waals surface area contributed by atoms with Gasteiger partial charge in [0.1, 0.15) is 23.4 Å². The molecule has 4 aliphatic rings. The van der Waals surface area contributed by atoms with Gasteiger partial charge in [-0.15, -0.1) is 0 Å². The van der Waals surface area contributed by atoms with Gasteiger partial charge in [-0.1, -0.05) is 22.4 Å². The van der Waals surface area contributed by atoms with Crippen LogP contribution in [-0.2, 0) is 14.4 Å². The molecule has 2 saturated heterocycles. The zero-order chi connectivity index (χ0) is 41.8. The predicted octanol–water partition coefficient (Wildman–Crippen LogP) is 8.39. The highest BCUT2D eigenvalue weighted by atomic mass is 19.3. The summed E-state index contributed by atoms with van der Waals surface area (Å²) < 4.78 is 67.6. The number of fused-ring (bicyclic) bond motifs is 1. The van der Waals surface area contributed by atoms with Crippen LogP contribution in [0.25, 0.3) is 33.3 Å². The highest BCUT2D eigenvalue weighted by Gasteiger charge is 2.43. The highest BCUT2D eigenvalue weighted by molar-refractivity contribution is 6.01. The third kappa shape index (κ3) is 8.28. The van der Waals surface area contributed by atoms with Crippen LogP contribution in [0.3, 0.4) is 0 Å². The smallest absolute Gasteiger partial charge is 0.250 e. The van der Waals surface area contributed by atoms with Crippen molar-refractivity contribution in [3.63, 3.8) is 0 Å². The van der Waals surface area contributed by atoms with Gasteiger partial charge in [-0.3, -0.25) is 14.4 Å². The first-order valence-corrected chi connectivity index (χ1v) is 20.0. The molecule has 312 valence electrons. The Bertz CT molecular complexity index is 2400. The highest BCUT2D eigenvalue weighted by Crippen LogP contribution is 2.45. The average Bonchev–Trinajstić information content (AvgIpc) is 4.06. The standard InChI is InChI=1S/C21H24F2N4O3.C21H22F2N4O2/c1-11-19(12(2)30-27-11)13-3-4-15(24-14-7-8-21(22,23)10-14)17(9-13)26-20(29)16-5-6-18(28)25-16;1-11-19(12(2)29-26-11)13-3-5-17-16(9-13)25-20(15-4-6-18(28)24-15)27(17)14-7-8-21(22,23)10-14/h3-4,9,14,16,24H,5-8,10H2,1-2H3,(H,25,28)(H,26,29);3,5,9,14-15H,4,6-8,10H2,1-2H3,(H,24,28)/t14-,16+;14-,15+/m11/s1. The molecule has 5 aromatic rings. The van der Waals surface area contributed by atoms with Crippen molar-refractivity contribution < 1.29 is 41.0 Å². The average molecular weight is 819 g/mol. The Labute approximate surface area is 337 Å². The SMILES string of the molecule is Cc1noc(C)c1-c1ccc(N[C@@H]2CCC(F)(F)C2)c(NC(=O)[C@@H]2CCC(=O)N2)c1.Cc1noc(C)c1-c1ccc2c(c1)nc([C@@H]1CCC(=O)N1)n2[C@@H]1CCC(F)(F)C1. The van der Waals surface area contributed by atoms with Crippen molar-refractivity contribution in [2.45, 2.75) is 128 Å². The zero-order valence-corrected chi connectivity index (χ0v) is 33.2. The minimum Gasteiger partial charge on any atom is -0.380 e. The predicted molar refractivity (Wildman–Crippen MR) is 210 cm³/mol. The lowest BCUT2D eigenvalue weighted by Crippen LogP contribution is -2.37. The van der Waals surface area contributed by atoms with E-state index in [-0.39, 0.29) is 61.5 Å². The topological polar surface area (TPSA) is 169 Å². The summed E-state index contributed by atoms with van der Waals surface area (Å²) in [5, 5.41) is 19.6. The number of anilines is 2. The van der Waals surface area contributed by atoms with E-state index in [9.17, 15) is 31.9 Å². The van der Waals surface area contributed by atoms with Crippen LogP contribution >= 0.6 is 0 Å². The van der Waals surface area contributed by atoms with Crippen LogP contribution in [0.15, 0.2) is 45.4 Å². The Hall–Kier alpha value is -5.74. The van der Waals surface area contributed by atoms with E-state index in [0.717, 1.165) is 44.7 Å². The number of carbonyl (C=O) groups excluding carboxylic acids is 3. The van der Waals surface area contributed by atoms with E-state index >= 15 is 0 Å². The lowest BCUT2D eigenvalue weighted by molar-refractivity contribution is -0.122. The van der Waals surface area contributed by atoms with E-state index in [1.54, 1.807) is 19.1 Å². The fourth-order valence-corrected chi connectivity index (χ4v) is 8.90. The van der Waals surface area contributed by atoms with Crippen molar-refractivity contribution in [3.05, 3.63) is 65.1 Å². The summed E-state index contributed by atoms with van der Waals surface area (Å²) in [4.78, 5) is 40.7. The van der Waals surface area contributed by atoms with Crippen LogP contribution in [0.2, 0.25) is 0 Å². The van der Waals surface area contributed by atoms with Gasteiger partial charge in [0, 0.05) is 61.7 Å². The Balaban J connectivity index is 0.000000164. The van der Waals surface area contributed by atoms with Gasteiger partial charge in [0.15, 0.2) is 0 Å². The van der Waals surface area contributed by atoms with Gasteiger partial charge in [0.2, 0.25) is 29.6 Å². The first-order valence-electron chi connectivity index (χ1n) is 20.0. The molecule has 3 amide bonds. The van der Waals surface area contributed by atoms with Gasteiger partial charge >= 0.3 is 0 Å². The molecule has 0 unspecified atom stereocenters. The quantitative estimate of drug-likeness (QED) is 0.112. The van der Waals surface area contributed by atoms with E-state index in [1.165, 1.54) is 0 Å². The van der Waals surface area contributed by atoms with Crippen LogP contribution in [0.4, 0.5) is 28.9 Å². The fraction of sp³-hybridized carbons (Fsp3) is 0.476. The van der Waals surface area contributed by atoms with Gasteiger partial charge in [-0.25, -0.2) is 22.5 Å². The molecule has 9 rings (SSSR count). The monoisotopic (exact) mass is 818 g/mol. The number of aromatic nitrogens is 4. The molecular weight excluding hydrogens is 773 g/mol. The normalized spacial score (nSPS) is 23.3. The summed E-state index contributed by atoms with van der Waals surface area (Å²) in [6.07, 6.45) is 1.82. The number of nitrogens with one attached hydrogen (secondary N) is 4. The summed E-state index contributed by atoms with van der Waals surface area (Å²) in [5.41, 5.74) is 7.54. The molecule has 3 aromatic heterocycles. The van der Waals surface area contributed by atoms with Gasteiger partial charge in [0.25, 0.3) is 0 Å². The number of carbonyl (C=O) groups is 3. The van der Waals surface area contributed by atoms with Crippen molar-refractivity contribution in [2.75, 3.05) is 10.6 Å². The molecule has 2 aromatic carbocycles. The first kappa shape index (κ1) is 40.1. The largest absolute Gasteiger partial charge is 0.380 e. The number of alkyl halides is 4. The number of rotatable bonds is 8. The molecule has 0 bridgehead atoms. The van der Waals surface area contributed by atoms with Crippen LogP contribution < -0.4 is 21.3 Å². The molecule has 2 aliphatic carbocycles. The summed E-state index contributed by atoms with van der Waals surface area (Å²) in [7, 11) is 0. The maximum absolute atomic E-state index is 14.0. The van der Waals surface area contributed by atoms with Crippen molar-refractivity contribution in [3.8, 4) is 22.3 Å². The van der Waals surface area contributed by atoms with Gasteiger partial charge < -0.3 is 34.9 Å². The molecule has 4 atom stereocenters. The van der Waals surface area contributed by atoms with Gasteiger partial charge in [-0.05, 0) is 88.8 Å². The minimum atomic E-state index is -2.67. The van der Waals surface area contributed by atoms with Gasteiger partial charge in [0.05, 0.1) is 39.8 Å². The summed E-state index contributed by atoms with van der Waals surface area (Å²) >= 11 is 0. The molecule has 0 radical (unpaired) electrons. The summed E-state index contributed by atoms with van der Waals surface area (Å²) in [6.45, 7) is 7.37.